The van der Waals surface area contributed by atoms with Crippen LogP contribution in [0.5, 0.6) is 0 Å². The van der Waals surface area contributed by atoms with Crippen molar-refractivity contribution in [3.8, 4) is 33.9 Å². The van der Waals surface area contributed by atoms with Crippen molar-refractivity contribution in [1.82, 2.24) is 9.97 Å². The Morgan fingerprint density at radius 2 is 0.933 bits per heavy atom. The number of hydrogen-bond donors (Lipinski definition) is 0. The molecule has 0 bridgehead atoms. The van der Waals surface area contributed by atoms with Crippen molar-refractivity contribution in [3.63, 3.8) is 0 Å². The van der Waals surface area contributed by atoms with Gasteiger partial charge in [0.05, 0.1) is 11.4 Å². The third-order valence-electron chi connectivity index (χ3n) is 8.71. The predicted octanol–water partition coefficient (Wildman–Crippen LogP) is 11.6. The number of thiophene rings is 1. The van der Waals surface area contributed by atoms with Gasteiger partial charge in [-0.05, 0) is 60.7 Å². The highest BCUT2D eigenvalue weighted by molar-refractivity contribution is 7.25. The molecule has 0 spiro atoms. The van der Waals surface area contributed by atoms with Crippen LogP contribution in [0, 0.1) is 0 Å². The summed E-state index contributed by atoms with van der Waals surface area (Å²) in [5.41, 5.74) is 8.12. The van der Waals surface area contributed by atoms with Gasteiger partial charge in [-0.2, -0.15) is 0 Å². The summed E-state index contributed by atoms with van der Waals surface area (Å²) in [6.07, 6.45) is 0. The third kappa shape index (κ3) is 3.84. The van der Waals surface area contributed by atoms with Crippen LogP contribution in [0.4, 0.5) is 0 Å². The van der Waals surface area contributed by atoms with Gasteiger partial charge in [0.15, 0.2) is 5.82 Å². The van der Waals surface area contributed by atoms with E-state index in [2.05, 4.69) is 84.9 Å². The van der Waals surface area contributed by atoms with Gasteiger partial charge in [0.25, 0.3) is 0 Å². The summed E-state index contributed by atoms with van der Waals surface area (Å²) in [5, 5.41) is 6.89. The Labute approximate surface area is 260 Å². The number of benzene rings is 6. The molecule has 6 aromatic carbocycles. The minimum absolute atomic E-state index is 0.663. The lowest BCUT2D eigenvalue weighted by Crippen LogP contribution is -1.96. The number of hydrogen-bond acceptors (Lipinski definition) is 5. The maximum Gasteiger partial charge on any atom is 0.160 e. The topological polar surface area (TPSA) is 52.1 Å². The summed E-state index contributed by atoms with van der Waals surface area (Å²) < 4.78 is 14.9. The number of fused-ring (bicyclic) bond motifs is 9. The van der Waals surface area contributed by atoms with Gasteiger partial charge >= 0.3 is 0 Å². The van der Waals surface area contributed by atoms with Crippen LogP contribution in [0.15, 0.2) is 142 Å². The molecule has 0 N–H and O–H groups in total. The van der Waals surface area contributed by atoms with Crippen LogP contribution in [0.2, 0.25) is 0 Å². The van der Waals surface area contributed by atoms with Gasteiger partial charge in [-0.1, -0.05) is 72.8 Å². The minimum Gasteiger partial charge on any atom is -0.456 e. The van der Waals surface area contributed by atoms with Gasteiger partial charge in [-0.15, -0.1) is 11.3 Å². The number of aromatic nitrogens is 2. The monoisotopic (exact) mass is 594 g/mol. The molecule has 10 aromatic rings. The quantitative estimate of drug-likeness (QED) is 0.204. The van der Waals surface area contributed by atoms with Crippen molar-refractivity contribution in [2.45, 2.75) is 0 Å². The van der Waals surface area contributed by atoms with Gasteiger partial charge in [0.2, 0.25) is 0 Å². The molecule has 0 aliphatic carbocycles. The van der Waals surface area contributed by atoms with E-state index in [9.17, 15) is 0 Å². The fourth-order valence-electron chi connectivity index (χ4n) is 6.51. The largest absolute Gasteiger partial charge is 0.456 e. The average Bonchev–Trinajstić information content (AvgIpc) is 3.78. The molecule has 0 fully saturated rings. The summed E-state index contributed by atoms with van der Waals surface area (Å²) in [6, 6.07) is 46.2. The van der Waals surface area contributed by atoms with Crippen LogP contribution < -0.4 is 0 Å². The molecule has 4 heterocycles. The first-order chi connectivity index (χ1) is 22.2. The second kappa shape index (κ2) is 9.36. The van der Waals surface area contributed by atoms with Crippen LogP contribution in [-0.2, 0) is 0 Å². The third-order valence-corrected chi connectivity index (χ3v) is 9.84. The van der Waals surface area contributed by atoms with Crippen LogP contribution in [0.3, 0.4) is 0 Å². The molecule has 0 unspecified atom stereocenters. The zero-order valence-corrected chi connectivity index (χ0v) is 24.6. The molecule has 0 atom stereocenters. The van der Waals surface area contributed by atoms with Crippen molar-refractivity contribution in [2.75, 3.05) is 0 Å². The second-order valence-electron chi connectivity index (χ2n) is 11.4. The summed E-state index contributed by atoms with van der Waals surface area (Å²) in [7, 11) is 0. The molecule has 0 amide bonds. The van der Waals surface area contributed by atoms with Crippen molar-refractivity contribution >= 4 is 75.4 Å². The molecule has 4 aromatic heterocycles. The lowest BCUT2D eigenvalue weighted by molar-refractivity contribution is 0.668. The smallest absolute Gasteiger partial charge is 0.160 e. The number of furan rings is 2. The van der Waals surface area contributed by atoms with E-state index in [1.54, 1.807) is 0 Å². The van der Waals surface area contributed by atoms with E-state index in [1.807, 2.05) is 59.9 Å². The molecule has 0 aliphatic heterocycles. The first kappa shape index (κ1) is 24.6. The Morgan fingerprint density at radius 3 is 1.73 bits per heavy atom. The Bertz CT molecular complexity index is 2650. The van der Waals surface area contributed by atoms with Crippen LogP contribution >= 0.6 is 11.3 Å². The van der Waals surface area contributed by atoms with Gasteiger partial charge in [0, 0.05) is 58.4 Å². The molecular formula is C40H22N2O2S. The van der Waals surface area contributed by atoms with Crippen molar-refractivity contribution in [3.05, 3.63) is 133 Å². The lowest BCUT2D eigenvalue weighted by Gasteiger charge is -2.10. The van der Waals surface area contributed by atoms with Crippen molar-refractivity contribution in [2.24, 2.45) is 0 Å². The molecule has 10 rings (SSSR count). The summed E-state index contributed by atoms with van der Waals surface area (Å²) in [4.78, 5) is 10.3. The molecule has 0 saturated carbocycles. The molecular weight excluding hydrogens is 573 g/mol. The molecule has 0 radical (unpaired) electrons. The molecule has 5 heteroatoms. The maximum atomic E-state index is 6.25. The molecule has 210 valence electrons. The Morgan fingerprint density at radius 1 is 0.378 bits per heavy atom. The lowest BCUT2D eigenvalue weighted by atomic mass is 10.0. The zero-order valence-electron chi connectivity index (χ0n) is 23.8. The molecule has 4 nitrogen and oxygen atoms in total. The van der Waals surface area contributed by atoms with E-state index in [-0.39, 0.29) is 0 Å². The van der Waals surface area contributed by atoms with Gasteiger partial charge in [0.1, 0.15) is 22.3 Å². The highest BCUT2D eigenvalue weighted by Gasteiger charge is 2.16. The predicted molar refractivity (Wildman–Crippen MR) is 186 cm³/mol. The Balaban J connectivity index is 1.19. The van der Waals surface area contributed by atoms with Gasteiger partial charge < -0.3 is 8.83 Å². The number of para-hydroxylation sites is 2. The fourth-order valence-corrected chi connectivity index (χ4v) is 7.65. The number of nitrogens with zero attached hydrogens (tertiary/aromatic N) is 2. The highest BCUT2D eigenvalue weighted by Crippen LogP contribution is 2.38. The Hall–Kier alpha value is -5.78. The van der Waals surface area contributed by atoms with Crippen LogP contribution in [0.25, 0.3) is 98.0 Å². The maximum absolute atomic E-state index is 6.25. The first-order valence-electron chi connectivity index (χ1n) is 14.9. The van der Waals surface area contributed by atoms with E-state index in [0.717, 1.165) is 72.0 Å². The highest BCUT2D eigenvalue weighted by atomic mass is 32.1. The van der Waals surface area contributed by atoms with Crippen molar-refractivity contribution < 1.29 is 8.83 Å². The molecule has 45 heavy (non-hydrogen) atoms. The Kier molecular flexibility index (Phi) is 5.12. The van der Waals surface area contributed by atoms with E-state index in [4.69, 9.17) is 18.8 Å². The summed E-state index contributed by atoms with van der Waals surface area (Å²) in [6.45, 7) is 0. The normalized spacial score (nSPS) is 12.0. The van der Waals surface area contributed by atoms with E-state index in [0.29, 0.717) is 5.82 Å². The minimum atomic E-state index is 0.663. The summed E-state index contributed by atoms with van der Waals surface area (Å²) >= 11 is 1.81. The standard InChI is InChI=1S/C40H22N2O2S/c1-4-10-34-26(7-1)28-16-13-23(20-37(28)44-34)32-22-33(24-14-17-30-29-9-3-6-12-38(29)45-39(30)21-24)42-40(41-32)25-15-18-36-31(19-25)27-8-2-5-11-35(27)43-36/h1-22H. The summed E-state index contributed by atoms with van der Waals surface area (Å²) in [5.74, 6) is 0.663. The van der Waals surface area contributed by atoms with E-state index in [1.165, 1.54) is 20.2 Å². The van der Waals surface area contributed by atoms with Crippen LogP contribution in [0.1, 0.15) is 0 Å². The number of rotatable bonds is 3. The van der Waals surface area contributed by atoms with Gasteiger partial charge in [-0.25, -0.2) is 9.97 Å². The van der Waals surface area contributed by atoms with Gasteiger partial charge in [-0.3, -0.25) is 0 Å². The van der Waals surface area contributed by atoms with E-state index >= 15 is 0 Å². The molecule has 0 aliphatic rings. The second-order valence-corrected chi connectivity index (χ2v) is 12.5. The van der Waals surface area contributed by atoms with Crippen LogP contribution in [-0.4, -0.2) is 9.97 Å². The fraction of sp³-hybridized carbons (Fsp3) is 0. The SMILES string of the molecule is c1ccc2c(c1)oc1cc(-c3cc(-c4ccc5c(c4)sc4ccccc45)nc(-c4ccc5oc6ccccc6c5c4)n3)ccc12. The zero-order chi connectivity index (χ0) is 29.5. The van der Waals surface area contributed by atoms with Crippen molar-refractivity contribution in [1.29, 1.82) is 0 Å². The molecule has 0 saturated heterocycles. The average molecular weight is 595 g/mol. The first-order valence-corrected chi connectivity index (χ1v) is 15.7. The van der Waals surface area contributed by atoms with E-state index < -0.39 is 0 Å².